The molecule has 1 unspecified atom stereocenters. The Bertz CT molecular complexity index is 464. The van der Waals surface area contributed by atoms with Gasteiger partial charge in [-0.25, -0.2) is 0 Å². The second-order valence-corrected chi connectivity index (χ2v) is 6.10. The van der Waals surface area contributed by atoms with Crippen LogP contribution in [0.5, 0.6) is 0 Å². The number of ether oxygens (including phenoxy) is 4. The summed E-state index contributed by atoms with van der Waals surface area (Å²) in [5.74, 6) is -1.22. The van der Waals surface area contributed by atoms with Crippen molar-refractivity contribution in [2.75, 3.05) is 13.2 Å². The monoisotopic (exact) mass is 345 g/mol. The molecule has 0 amide bonds. The minimum atomic E-state index is -1.78. The van der Waals surface area contributed by atoms with E-state index in [1.807, 2.05) is 0 Å². The molecule has 0 N–H and O–H groups in total. The number of rotatable bonds is 5. The highest BCUT2D eigenvalue weighted by molar-refractivity contribution is 5.67. The van der Waals surface area contributed by atoms with Gasteiger partial charge in [0.25, 0.3) is 5.54 Å². The predicted octanol–water partition coefficient (Wildman–Crippen LogP) is 1.20. The van der Waals surface area contributed by atoms with Crippen molar-refractivity contribution in [3.8, 4) is 0 Å². The molecule has 1 saturated carbocycles. The minimum Gasteiger partial charge on any atom is -0.455 e. The molecule has 0 spiro atoms. The highest BCUT2D eigenvalue weighted by Crippen LogP contribution is 2.40. The average molecular weight is 345 g/mol. The Morgan fingerprint density at radius 1 is 1.08 bits per heavy atom. The molecule has 2 aliphatic rings. The first-order valence-corrected chi connectivity index (χ1v) is 8.08. The van der Waals surface area contributed by atoms with Crippen LogP contribution in [0, 0.1) is 10.1 Å². The molecule has 0 radical (unpaired) electrons. The lowest BCUT2D eigenvalue weighted by molar-refractivity contribution is -0.603. The number of carbonyl (C=O) groups excluding carboxylic acids is 2. The van der Waals surface area contributed by atoms with Crippen LogP contribution in [0.2, 0.25) is 0 Å². The van der Waals surface area contributed by atoms with E-state index in [9.17, 15) is 19.7 Å². The van der Waals surface area contributed by atoms with Crippen molar-refractivity contribution in [3.05, 3.63) is 10.1 Å². The van der Waals surface area contributed by atoms with Gasteiger partial charge >= 0.3 is 11.9 Å². The fourth-order valence-corrected chi connectivity index (χ4v) is 3.41. The second kappa shape index (κ2) is 7.89. The van der Waals surface area contributed by atoms with Crippen molar-refractivity contribution in [3.63, 3.8) is 0 Å². The molecule has 1 aliphatic heterocycles. The highest BCUT2D eigenvalue weighted by Gasteiger charge is 2.63. The van der Waals surface area contributed by atoms with Crippen LogP contribution in [0.3, 0.4) is 0 Å². The third-order valence-electron chi connectivity index (χ3n) is 4.39. The van der Waals surface area contributed by atoms with Crippen molar-refractivity contribution < 1.29 is 33.5 Å². The van der Waals surface area contributed by atoms with E-state index in [1.54, 1.807) is 0 Å². The maximum Gasteiger partial charge on any atom is 0.303 e. The van der Waals surface area contributed by atoms with Gasteiger partial charge in [-0.05, 0) is 25.7 Å². The van der Waals surface area contributed by atoms with Crippen LogP contribution in [0.4, 0.5) is 0 Å². The zero-order valence-electron chi connectivity index (χ0n) is 13.9. The summed E-state index contributed by atoms with van der Waals surface area (Å²) in [6, 6.07) is 0. The first-order chi connectivity index (χ1) is 11.4. The predicted molar refractivity (Wildman–Crippen MR) is 79.6 cm³/mol. The Labute approximate surface area is 139 Å². The summed E-state index contributed by atoms with van der Waals surface area (Å²) < 4.78 is 21.4. The summed E-state index contributed by atoms with van der Waals surface area (Å²) in [6.45, 7) is 3.28. The van der Waals surface area contributed by atoms with Crippen molar-refractivity contribution in [2.45, 2.75) is 70.0 Å². The molecule has 0 aromatic heterocycles. The maximum absolute atomic E-state index is 12.0. The van der Waals surface area contributed by atoms with Gasteiger partial charge in [0, 0.05) is 18.8 Å². The van der Waals surface area contributed by atoms with Crippen LogP contribution >= 0.6 is 0 Å². The third kappa shape index (κ3) is 4.02. The Morgan fingerprint density at radius 2 is 1.58 bits per heavy atom. The van der Waals surface area contributed by atoms with Gasteiger partial charge in [0.1, 0.15) is 0 Å². The zero-order valence-corrected chi connectivity index (χ0v) is 13.9. The lowest BCUT2D eigenvalue weighted by Gasteiger charge is -2.42. The summed E-state index contributed by atoms with van der Waals surface area (Å²) in [7, 11) is 0. The number of hydrogen-bond donors (Lipinski definition) is 0. The smallest absolute Gasteiger partial charge is 0.303 e. The fraction of sp³-hybridized carbons (Fsp3) is 0.867. The van der Waals surface area contributed by atoms with Crippen molar-refractivity contribution in [1.29, 1.82) is 0 Å². The molecule has 24 heavy (non-hydrogen) atoms. The maximum atomic E-state index is 12.0. The molecular weight excluding hydrogens is 322 g/mol. The largest absolute Gasteiger partial charge is 0.455 e. The molecule has 2 fully saturated rings. The number of carbonyl (C=O) groups is 2. The van der Waals surface area contributed by atoms with E-state index >= 15 is 0 Å². The SMILES string of the molecule is CC(=O)O[C@H]1CCC[C@@H](OC(C)=O)C1(CC1OCCCO1)[N+](=O)[O-]. The average Bonchev–Trinajstić information content (AvgIpc) is 2.50. The first kappa shape index (κ1) is 18.6. The lowest BCUT2D eigenvalue weighted by atomic mass is 9.74. The number of esters is 2. The Kier molecular flexibility index (Phi) is 6.11. The molecule has 3 atom stereocenters. The minimum absolute atomic E-state index is 0.143. The van der Waals surface area contributed by atoms with Crippen LogP contribution in [0.15, 0.2) is 0 Å². The van der Waals surface area contributed by atoms with E-state index in [0.717, 1.165) is 0 Å². The van der Waals surface area contributed by atoms with Gasteiger partial charge in [-0.1, -0.05) is 0 Å². The molecule has 2 rings (SSSR count). The summed E-state index contributed by atoms with van der Waals surface area (Å²) in [6.07, 6.45) is -1.03. The number of hydrogen-bond acceptors (Lipinski definition) is 8. The molecule has 0 aromatic carbocycles. The van der Waals surface area contributed by atoms with Gasteiger partial charge in [0.05, 0.1) is 19.6 Å². The van der Waals surface area contributed by atoms with Crippen LogP contribution in [0.25, 0.3) is 0 Å². The van der Waals surface area contributed by atoms with E-state index in [1.165, 1.54) is 13.8 Å². The summed E-state index contributed by atoms with van der Waals surface area (Å²) >= 11 is 0. The second-order valence-electron chi connectivity index (χ2n) is 6.10. The standard InChI is InChI=1S/C15H23NO8/c1-10(17)23-12-5-3-6-13(24-11(2)18)15(12,16(19)20)9-14-21-7-4-8-22-14/h12-14H,3-9H2,1-2H3/t12-,13+,15?. The van der Waals surface area contributed by atoms with Gasteiger partial charge in [0.15, 0.2) is 18.5 Å². The Hall–Kier alpha value is -1.74. The molecule has 0 bridgehead atoms. The molecule has 136 valence electrons. The lowest BCUT2D eigenvalue weighted by Crippen LogP contribution is -2.64. The van der Waals surface area contributed by atoms with Gasteiger partial charge in [0.2, 0.25) is 0 Å². The summed E-state index contributed by atoms with van der Waals surface area (Å²) in [5.41, 5.74) is -1.78. The quantitative estimate of drug-likeness (QED) is 0.415. The van der Waals surface area contributed by atoms with Crippen LogP contribution < -0.4 is 0 Å². The normalized spacial score (nSPS) is 31.2. The molecule has 1 aliphatic carbocycles. The number of nitrogens with zero attached hydrogens (tertiary/aromatic N) is 1. The van der Waals surface area contributed by atoms with E-state index in [0.29, 0.717) is 38.9 Å². The van der Waals surface area contributed by atoms with Crippen LogP contribution in [0.1, 0.15) is 46.0 Å². The van der Waals surface area contributed by atoms with Gasteiger partial charge in [-0.15, -0.1) is 0 Å². The zero-order chi connectivity index (χ0) is 17.7. The fourth-order valence-electron chi connectivity index (χ4n) is 3.41. The molecule has 1 saturated heterocycles. The Balaban J connectivity index is 2.35. The van der Waals surface area contributed by atoms with Gasteiger partial charge in [-0.2, -0.15) is 0 Å². The topological polar surface area (TPSA) is 114 Å². The summed E-state index contributed by atoms with van der Waals surface area (Å²) in [4.78, 5) is 34.4. The summed E-state index contributed by atoms with van der Waals surface area (Å²) in [5, 5.41) is 12.0. The van der Waals surface area contributed by atoms with Crippen LogP contribution in [-0.4, -0.2) is 54.1 Å². The van der Waals surface area contributed by atoms with Crippen LogP contribution in [-0.2, 0) is 28.5 Å². The van der Waals surface area contributed by atoms with E-state index in [-0.39, 0.29) is 6.42 Å². The third-order valence-corrected chi connectivity index (χ3v) is 4.39. The van der Waals surface area contributed by atoms with Gasteiger partial charge < -0.3 is 18.9 Å². The van der Waals surface area contributed by atoms with Crippen molar-refractivity contribution >= 4 is 11.9 Å². The van der Waals surface area contributed by atoms with Crippen molar-refractivity contribution in [2.24, 2.45) is 0 Å². The van der Waals surface area contributed by atoms with E-state index < -0.39 is 40.9 Å². The van der Waals surface area contributed by atoms with E-state index in [4.69, 9.17) is 18.9 Å². The van der Waals surface area contributed by atoms with Crippen molar-refractivity contribution in [1.82, 2.24) is 0 Å². The molecule has 1 heterocycles. The van der Waals surface area contributed by atoms with E-state index in [2.05, 4.69) is 0 Å². The Morgan fingerprint density at radius 3 is 2.00 bits per heavy atom. The molecule has 9 heteroatoms. The molecule has 9 nitrogen and oxygen atoms in total. The molecule has 0 aromatic rings. The number of nitro groups is 1. The van der Waals surface area contributed by atoms with Gasteiger partial charge in [-0.3, -0.25) is 19.7 Å². The first-order valence-electron chi connectivity index (χ1n) is 8.08. The molecular formula is C15H23NO8. The highest BCUT2D eigenvalue weighted by atomic mass is 16.7.